The Kier molecular flexibility index (Phi) is 7.32. The Morgan fingerprint density at radius 2 is 2.12 bits per heavy atom. The summed E-state index contributed by atoms with van der Waals surface area (Å²) in [5, 5.41) is 14.2. The maximum absolute atomic E-state index is 12.2. The highest BCUT2D eigenvalue weighted by atomic mass is 19.4. The van der Waals surface area contributed by atoms with E-state index in [9.17, 15) is 18.0 Å². The number of anilines is 1. The molecule has 9 heteroatoms. The zero-order valence-electron chi connectivity index (χ0n) is 13.2. The van der Waals surface area contributed by atoms with Crippen LogP contribution < -0.4 is 15.4 Å². The van der Waals surface area contributed by atoms with Gasteiger partial charge in [0.1, 0.15) is 11.8 Å². The van der Waals surface area contributed by atoms with Gasteiger partial charge >= 0.3 is 12.2 Å². The van der Waals surface area contributed by atoms with E-state index in [1.807, 2.05) is 0 Å². The molecule has 0 aliphatic rings. The number of benzene rings is 1. The van der Waals surface area contributed by atoms with Crippen molar-refractivity contribution in [2.24, 2.45) is 0 Å². The summed E-state index contributed by atoms with van der Waals surface area (Å²) in [6.07, 6.45) is -3.88. The lowest BCUT2D eigenvalue weighted by molar-refractivity contribution is -0.153. The van der Waals surface area contributed by atoms with Crippen molar-refractivity contribution >= 4 is 11.7 Å². The number of urea groups is 1. The van der Waals surface area contributed by atoms with Crippen LogP contribution in [0.1, 0.15) is 18.9 Å². The van der Waals surface area contributed by atoms with Crippen LogP contribution in [-0.4, -0.2) is 38.6 Å². The van der Waals surface area contributed by atoms with Gasteiger partial charge in [0, 0.05) is 25.4 Å². The summed E-state index contributed by atoms with van der Waals surface area (Å²) in [6.45, 7) is 0.796. The molecule has 0 aliphatic heterocycles. The summed E-state index contributed by atoms with van der Waals surface area (Å²) in [4.78, 5) is 11.8. The maximum atomic E-state index is 12.2. The molecule has 6 nitrogen and oxygen atoms in total. The predicted molar refractivity (Wildman–Crippen MR) is 80.8 cm³/mol. The number of methoxy groups -OCH3 is 1. The maximum Gasteiger partial charge on any atom is 0.422 e. The number of amides is 2. The minimum atomic E-state index is -4.50. The molecule has 1 atom stereocenters. The molecule has 0 bridgehead atoms. The van der Waals surface area contributed by atoms with E-state index in [0.29, 0.717) is 13.0 Å². The van der Waals surface area contributed by atoms with Crippen LogP contribution in [0, 0.1) is 11.3 Å². The van der Waals surface area contributed by atoms with Crippen molar-refractivity contribution in [2.45, 2.75) is 25.6 Å². The highest BCUT2D eigenvalue weighted by Gasteiger charge is 2.28. The molecule has 1 rings (SSSR count). The Balaban J connectivity index is 2.67. The fourth-order valence-corrected chi connectivity index (χ4v) is 1.74. The number of alkyl halides is 3. The molecule has 0 heterocycles. The van der Waals surface area contributed by atoms with E-state index in [1.165, 1.54) is 18.2 Å². The lowest BCUT2D eigenvalue weighted by atomic mass is 10.2. The number of nitrogens with zero attached hydrogens (tertiary/aromatic N) is 1. The second-order valence-corrected chi connectivity index (χ2v) is 5.01. The van der Waals surface area contributed by atoms with Gasteiger partial charge in [-0.15, -0.1) is 0 Å². The first-order valence-electron chi connectivity index (χ1n) is 7.05. The van der Waals surface area contributed by atoms with E-state index in [1.54, 1.807) is 20.1 Å². The molecule has 0 unspecified atom stereocenters. The van der Waals surface area contributed by atoms with Crippen molar-refractivity contribution in [1.29, 1.82) is 5.26 Å². The van der Waals surface area contributed by atoms with Gasteiger partial charge in [0.2, 0.25) is 0 Å². The lowest BCUT2D eigenvalue weighted by Crippen LogP contribution is -2.36. The molecular formula is C15H18F3N3O3. The van der Waals surface area contributed by atoms with Crippen LogP contribution in [0.5, 0.6) is 5.75 Å². The van der Waals surface area contributed by atoms with E-state index >= 15 is 0 Å². The summed E-state index contributed by atoms with van der Waals surface area (Å²) < 4.78 is 45.9. The third kappa shape index (κ3) is 7.19. The Hall–Kier alpha value is -2.47. The zero-order valence-corrected chi connectivity index (χ0v) is 13.2. The monoisotopic (exact) mass is 345 g/mol. The van der Waals surface area contributed by atoms with Crippen LogP contribution in [0.25, 0.3) is 0 Å². The fourth-order valence-electron chi connectivity index (χ4n) is 1.74. The minimum absolute atomic E-state index is 0.107. The largest absolute Gasteiger partial charge is 0.483 e. The third-order valence-corrected chi connectivity index (χ3v) is 2.88. The average Bonchev–Trinajstić information content (AvgIpc) is 2.50. The molecule has 0 saturated heterocycles. The van der Waals surface area contributed by atoms with Crippen molar-refractivity contribution in [3.63, 3.8) is 0 Å². The molecule has 2 N–H and O–H groups in total. The first-order valence-corrected chi connectivity index (χ1v) is 7.05. The van der Waals surface area contributed by atoms with Crippen molar-refractivity contribution in [2.75, 3.05) is 25.6 Å². The van der Waals surface area contributed by atoms with E-state index < -0.39 is 18.8 Å². The van der Waals surface area contributed by atoms with Gasteiger partial charge in [0.15, 0.2) is 6.61 Å². The van der Waals surface area contributed by atoms with E-state index in [-0.39, 0.29) is 23.0 Å². The molecule has 0 saturated carbocycles. The number of ether oxygens (including phenoxy) is 2. The first kappa shape index (κ1) is 19.6. The number of hydrogen-bond donors (Lipinski definition) is 2. The molecule has 0 spiro atoms. The molecule has 1 aromatic carbocycles. The van der Waals surface area contributed by atoms with Gasteiger partial charge in [-0.05, 0) is 31.5 Å². The molecule has 2 amide bonds. The van der Waals surface area contributed by atoms with Crippen molar-refractivity contribution in [3.8, 4) is 11.8 Å². The molecule has 132 valence electrons. The van der Waals surface area contributed by atoms with Gasteiger partial charge in [-0.1, -0.05) is 0 Å². The topological polar surface area (TPSA) is 83.4 Å². The number of rotatable bonds is 7. The highest BCUT2D eigenvalue weighted by Crippen LogP contribution is 2.24. The average molecular weight is 345 g/mol. The molecule has 1 aromatic rings. The number of carbonyl (C=O) groups is 1. The summed E-state index contributed by atoms with van der Waals surface area (Å²) in [6, 6.07) is 4.91. The highest BCUT2D eigenvalue weighted by molar-refractivity contribution is 5.89. The van der Waals surface area contributed by atoms with E-state index in [0.717, 1.165) is 0 Å². The van der Waals surface area contributed by atoms with E-state index in [2.05, 4.69) is 15.4 Å². The van der Waals surface area contributed by atoms with Gasteiger partial charge < -0.3 is 20.1 Å². The van der Waals surface area contributed by atoms with Crippen molar-refractivity contribution < 1.29 is 27.4 Å². The van der Waals surface area contributed by atoms with Gasteiger partial charge in [-0.25, -0.2) is 4.79 Å². The molecular weight excluding hydrogens is 327 g/mol. The summed E-state index contributed by atoms with van der Waals surface area (Å²) in [5.74, 6) is -0.200. The number of carbonyl (C=O) groups excluding carboxylic acids is 1. The summed E-state index contributed by atoms with van der Waals surface area (Å²) >= 11 is 0. The quantitative estimate of drug-likeness (QED) is 0.796. The van der Waals surface area contributed by atoms with Gasteiger partial charge in [0.25, 0.3) is 0 Å². The normalized spacial score (nSPS) is 12.2. The third-order valence-electron chi connectivity index (χ3n) is 2.88. The fraction of sp³-hybridized carbons (Fsp3) is 0.467. The molecule has 0 aromatic heterocycles. The van der Waals surface area contributed by atoms with E-state index in [4.69, 9.17) is 10.00 Å². The Bertz CT molecular complexity index is 600. The first-order chi connectivity index (χ1) is 11.2. The minimum Gasteiger partial charge on any atom is -0.483 e. The Labute approximate surface area is 137 Å². The van der Waals surface area contributed by atoms with Crippen LogP contribution in [0.3, 0.4) is 0 Å². The molecule has 0 fully saturated rings. The van der Waals surface area contributed by atoms with Gasteiger partial charge in [0.05, 0.1) is 5.56 Å². The molecule has 0 aliphatic carbocycles. The number of hydrogen-bond acceptors (Lipinski definition) is 4. The lowest BCUT2D eigenvalue weighted by Gasteiger charge is -2.15. The predicted octanol–water partition coefficient (Wildman–Crippen LogP) is 3.05. The molecule has 0 radical (unpaired) electrons. The van der Waals surface area contributed by atoms with Crippen molar-refractivity contribution in [1.82, 2.24) is 5.32 Å². The number of halogens is 3. The smallest absolute Gasteiger partial charge is 0.422 e. The van der Waals surface area contributed by atoms with Crippen molar-refractivity contribution in [3.05, 3.63) is 23.8 Å². The second kappa shape index (κ2) is 8.98. The van der Waals surface area contributed by atoms with Crippen LogP contribution in [0.15, 0.2) is 18.2 Å². The van der Waals surface area contributed by atoms with Gasteiger partial charge in [-0.3, -0.25) is 0 Å². The van der Waals surface area contributed by atoms with Gasteiger partial charge in [-0.2, -0.15) is 18.4 Å². The van der Waals surface area contributed by atoms with Crippen LogP contribution in [0.2, 0.25) is 0 Å². The summed E-state index contributed by atoms with van der Waals surface area (Å²) in [5.41, 5.74) is 0.159. The zero-order chi connectivity index (χ0) is 18.2. The number of nitrogens with one attached hydrogen (secondary N) is 2. The number of nitriles is 1. The standard InChI is InChI=1S/C15H18F3N3O3/c1-10(5-6-23-2)20-14(22)21-12-3-4-13(11(7-12)8-19)24-9-15(16,17)18/h3-4,7,10H,5-6,9H2,1-2H3,(H2,20,21,22)/t10-/m1/s1. The van der Waals surface area contributed by atoms with Crippen LogP contribution >= 0.6 is 0 Å². The SMILES string of the molecule is COCC[C@@H](C)NC(=O)Nc1ccc(OCC(F)(F)F)c(C#N)c1. The summed E-state index contributed by atoms with van der Waals surface area (Å²) in [7, 11) is 1.55. The Morgan fingerprint density at radius 1 is 1.42 bits per heavy atom. The van der Waals surface area contributed by atoms with Crippen LogP contribution in [0.4, 0.5) is 23.7 Å². The Morgan fingerprint density at radius 3 is 2.71 bits per heavy atom. The van der Waals surface area contributed by atoms with Crippen LogP contribution in [-0.2, 0) is 4.74 Å². The second-order valence-electron chi connectivity index (χ2n) is 5.01. The molecule has 24 heavy (non-hydrogen) atoms.